The summed E-state index contributed by atoms with van der Waals surface area (Å²) in [4.78, 5) is 4.33. The number of rotatable bonds is 6. The average molecular weight is 240 g/mol. The van der Waals surface area contributed by atoms with Gasteiger partial charge in [0.05, 0.1) is 29.6 Å². The van der Waals surface area contributed by atoms with E-state index in [0.717, 1.165) is 10.7 Å². The fourth-order valence-corrected chi connectivity index (χ4v) is 1.74. The van der Waals surface area contributed by atoms with Crippen LogP contribution in [0.4, 0.5) is 5.69 Å². The molecule has 1 aromatic heterocycles. The van der Waals surface area contributed by atoms with Crippen molar-refractivity contribution in [1.29, 1.82) is 0 Å². The largest absolute Gasteiger partial charge is 0.383 e. The summed E-state index contributed by atoms with van der Waals surface area (Å²) in [6.45, 7) is 5.07. The molecule has 0 aliphatic heterocycles. The van der Waals surface area contributed by atoms with E-state index in [1.807, 2.05) is 18.5 Å². The minimum atomic E-state index is 0.326. The number of methoxy groups -OCH3 is 1. The highest BCUT2D eigenvalue weighted by Gasteiger charge is 2.12. The second-order valence-corrected chi connectivity index (χ2v) is 4.87. The van der Waals surface area contributed by atoms with Gasteiger partial charge in [-0.05, 0) is 24.3 Å². The third-order valence-electron chi connectivity index (χ3n) is 2.45. The molecule has 0 amide bonds. The summed E-state index contributed by atoms with van der Waals surface area (Å²) in [5.41, 5.74) is 1.05. The summed E-state index contributed by atoms with van der Waals surface area (Å²) in [7, 11) is 1.73. The molecule has 0 radical (unpaired) electrons. The number of ether oxygens (including phenoxy) is 1. The molecule has 3 nitrogen and oxygen atoms in total. The molecule has 1 rings (SSSR count). The number of nitrogens with zero attached hydrogens (tertiary/aromatic N) is 1. The van der Waals surface area contributed by atoms with Crippen molar-refractivity contribution in [2.75, 3.05) is 25.3 Å². The Labute approximate surface area is 102 Å². The van der Waals surface area contributed by atoms with Crippen LogP contribution in [0.2, 0.25) is 0 Å². The van der Waals surface area contributed by atoms with Crippen molar-refractivity contribution < 1.29 is 4.74 Å². The van der Waals surface area contributed by atoms with Crippen molar-refractivity contribution in [2.24, 2.45) is 5.92 Å². The molecule has 0 saturated carbocycles. The fourth-order valence-electron chi connectivity index (χ4n) is 1.38. The smallest absolute Gasteiger partial charge is 0.0958 e. The van der Waals surface area contributed by atoms with E-state index in [1.54, 1.807) is 18.9 Å². The molecule has 0 spiro atoms. The molecule has 1 N–H and O–H groups in total. The van der Waals surface area contributed by atoms with Crippen LogP contribution in [0.1, 0.15) is 13.8 Å². The fraction of sp³-hybridized carbons (Fsp3) is 0.583. The van der Waals surface area contributed by atoms with Crippen LogP contribution in [0.3, 0.4) is 0 Å². The predicted molar refractivity (Wildman–Crippen MR) is 70.1 cm³/mol. The van der Waals surface area contributed by atoms with E-state index < -0.39 is 0 Å². The van der Waals surface area contributed by atoms with Gasteiger partial charge in [-0.3, -0.25) is 0 Å². The molecule has 1 aromatic rings. The van der Waals surface area contributed by atoms with Gasteiger partial charge in [0.15, 0.2) is 0 Å². The van der Waals surface area contributed by atoms with Crippen molar-refractivity contribution in [3.63, 3.8) is 0 Å². The Morgan fingerprint density at radius 2 is 2.19 bits per heavy atom. The van der Waals surface area contributed by atoms with Crippen LogP contribution in [-0.4, -0.2) is 31.0 Å². The molecule has 0 aliphatic rings. The molecule has 4 heteroatoms. The zero-order valence-electron chi connectivity index (χ0n) is 10.4. The van der Waals surface area contributed by atoms with Crippen molar-refractivity contribution in [2.45, 2.75) is 24.9 Å². The molecule has 0 fully saturated rings. The number of nitrogens with one attached hydrogen (secondary N) is 1. The van der Waals surface area contributed by atoms with E-state index in [2.05, 4.69) is 30.2 Å². The van der Waals surface area contributed by atoms with Crippen LogP contribution in [0.5, 0.6) is 0 Å². The van der Waals surface area contributed by atoms with Crippen LogP contribution in [0.15, 0.2) is 23.4 Å². The minimum absolute atomic E-state index is 0.326. The molecule has 0 aromatic carbocycles. The lowest BCUT2D eigenvalue weighted by molar-refractivity contribution is 0.171. The summed E-state index contributed by atoms with van der Waals surface area (Å²) < 4.78 is 5.20. The van der Waals surface area contributed by atoms with Gasteiger partial charge in [0, 0.05) is 7.11 Å². The molecule has 1 atom stereocenters. The first-order valence-electron chi connectivity index (χ1n) is 5.43. The van der Waals surface area contributed by atoms with Crippen LogP contribution >= 0.6 is 11.8 Å². The second kappa shape index (κ2) is 6.76. The van der Waals surface area contributed by atoms with Gasteiger partial charge in [0.1, 0.15) is 0 Å². The molecule has 90 valence electrons. The average Bonchev–Trinajstić information content (AvgIpc) is 2.29. The first-order valence-corrected chi connectivity index (χ1v) is 6.65. The van der Waals surface area contributed by atoms with Crippen LogP contribution in [-0.2, 0) is 4.74 Å². The SMILES string of the molecule is COCC(Nc1ccc(SC)nc1)C(C)C. The molecule has 1 unspecified atom stereocenters. The molecule has 0 aliphatic carbocycles. The first-order chi connectivity index (χ1) is 7.67. The van der Waals surface area contributed by atoms with E-state index in [1.165, 1.54) is 0 Å². The molecular weight excluding hydrogens is 220 g/mol. The molecule has 16 heavy (non-hydrogen) atoms. The van der Waals surface area contributed by atoms with Gasteiger partial charge in [-0.25, -0.2) is 4.98 Å². The van der Waals surface area contributed by atoms with E-state index in [9.17, 15) is 0 Å². The third-order valence-corrected chi connectivity index (χ3v) is 3.11. The highest BCUT2D eigenvalue weighted by atomic mass is 32.2. The summed E-state index contributed by atoms with van der Waals surface area (Å²) in [5, 5.41) is 4.47. The Hall–Kier alpha value is -0.740. The quantitative estimate of drug-likeness (QED) is 0.775. The highest BCUT2D eigenvalue weighted by Crippen LogP contribution is 2.16. The number of hydrogen-bond acceptors (Lipinski definition) is 4. The van der Waals surface area contributed by atoms with E-state index in [4.69, 9.17) is 4.74 Å². The van der Waals surface area contributed by atoms with Crippen LogP contribution in [0.25, 0.3) is 0 Å². The zero-order valence-corrected chi connectivity index (χ0v) is 11.2. The standard InChI is InChI=1S/C12H20N2OS/c1-9(2)11(8-15-3)14-10-5-6-12(16-4)13-7-10/h5-7,9,11,14H,8H2,1-4H3. The maximum atomic E-state index is 5.20. The number of hydrogen-bond donors (Lipinski definition) is 1. The van der Waals surface area contributed by atoms with Crippen molar-refractivity contribution in [3.05, 3.63) is 18.3 Å². The van der Waals surface area contributed by atoms with Gasteiger partial charge in [0.2, 0.25) is 0 Å². The Kier molecular flexibility index (Phi) is 5.63. The minimum Gasteiger partial charge on any atom is -0.383 e. The van der Waals surface area contributed by atoms with Crippen molar-refractivity contribution in [3.8, 4) is 0 Å². The van der Waals surface area contributed by atoms with Gasteiger partial charge in [0.25, 0.3) is 0 Å². The molecule has 0 saturated heterocycles. The summed E-state index contributed by atoms with van der Waals surface area (Å²) >= 11 is 1.65. The number of pyridine rings is 1. The van der Waals surface area contributed by atoms with E-state index >= 15 is 0 Å². The van der Waals surface area contributed by atoms with Gasteiger partial charge in [-0.1, -0.05) is 13.8 Å². The lowest BCUT2D eigenvalue weighted by atomic mass is 10.1. The summed E-state index contributed by atoms with van der Waals surface area (Å²) in [5.74, 6) is 0.528. The van der Waals surface area contributed by atoms with Crippen LogP contribution < -0.4 is 5.32 Å². The topological polar surface area (TPSA) is 34.1 Å². The number of anilines is 1. The van der Waals surface area contributed by atoms with E-state index in [-0.39, 0.29) is 0 Å². The van der Waals surface area contributed by atoms with Gasteiger partial charge in [-0.15, -0.1) is 11.8 Å². The number of aromatic nitrogens is 1. The predicted octanol–water partition coefficient (Wildman–Crippen LogP) is 2.89. The highest BCUT2D eigenvalue weighted by molar-refractivity contribution is 7.98. The zero-order chi connectivity index (χ0) is 12.0. The van der Waals surface area contributed by atoms with Gasteiger partial charge in [-0.2, -0.15) is 0 Å². The Balaban J connectivity index is 2.62. The third kappa shape index (κ3) is 4.02. The lowest BCUT2D eigenvalue weighted by Gasteiger charge is -2.22. The Bertz CT molecular complexity index is 300. The number of thioether (sulfide) groups is 1. The molecule has 0 bridgehead atoms. The van der Waals surface area contributed by atoms with Crippen molar-refractivity contribution in [1.82, 2.24) is 4.98 Å². The Morgan fingerprint density at radius 1 is 1.44 bits per heavy atom. The van der Waals surface area contributed by atoms with E-state index in [0.29, 0.717) is 18.6 Å². The van der Waals surface area contributed by atoms with Gasteiger partial charge >= 0.3 is 0 Å². The Morgan fingerprint density at radius 3 is 2.62 bits per heavy atom. The summed E-state index contributed by atoms with van der Waals surface area (Å²) in [6, 6.07) is 4.41. The monoisotopic (exact) mass is 240 g/mol. The molecular formula is C12H20N2OS. The van der Waals surface area contributed by atoms with Crippen LogP contribution in [0, 0.1) is 5.92 Å². The normalized spacial score (nSPS) is 12.8. The maximum absolute atomic E-state index is 5.20. The van der Waals surface area contributed by atoms with Gasteiger partial charge < -0.3 is 10.1 Å². The lowest BCUT2D eigenvalue weighted by Crippen LogP contribution is -2.30. The summed E-state index contributed by atoms with van der Waals surface area (Å²) in [6.07, 6.45) is 3.90. The molecule has 1 heterocycles. The van der Waals surface area contributed by atoms with Crippen molar-refractivity contribution >= 4 is 17.4 Å². The second-order valence-electron chi connectivity index (χ2n) is 4.04. The maximum Gasteiger partial charge on any atom is 0.0958 e. The first kappa shape index (κ1) is 13.3.